The number of benzene rings is 8. The number of anilines is 6. The van der Waals surface area contributed by atoms with Crippen LogP contribution in [0.2, 0.25) is 0 Å². The van der Waals surface area contributed by atoms with E-state index in [1.807, 2.05) is 36.4 Å². The van der Waals surface area contributed by atoms with Crippen molar-refractivity contribution in [1.29, 1.82) is 0 Å². The van der Waals surface area contributed by atoms with Crippen molar-refractivity contribution < 1.29 is 9.47 Å². The third-order valence-electron chi connectivity index (χ3n) is 11.3. The number of aromatic nitrogens is 2. The van der Waals surface area contributed by atoms with Gasteiger partial charge in [-0.3, -0.25) is 0 Å². The summed E-state index contributed by atoms with van der Waals surface area (Å²) in [6.07, 6.45) is 4.26. The van der Waals surface area contributed by atoms with E-state index >= 15 is 0 Å². The second-order valence-electron chi connectivity index (χ2n) is 14.7. The minimum atomic E-state index is 0.821. The lowest BCUT2D eigenvalue weighted by Gasteiger charge is -2.33. The van der Waals surface area contributed by atoms with E-state index in [0.717, 1.165) is 101 Å². The van der Waals surface area contributed by atoms with Crippen LogP contribution in [0.15, 0.2) is 207 Å². The number of fused-ring (bicyclic) bond motifs is 6. The molecule has 0 N–H and O–H groups in total. The Morgan fingerprint density at radius 3 is 1.17 bits per heavy atom. The third-order valence-corrected chi connectivity index (χ3v) is 11.3. The first-order chi connectivity index (χ1) is 28.7. The number of hydrogen-bond donors (Lipinski definition) is 0. The van der Waals surface area contributed by atoms with Gasteiger partial charge < -0.3 is 28.4 Å². The monoisotopic (exact) mass is 746 g/mol. The molecular formula is C52H34N4O2. The first kappa shape index (κ1) is 32.3. The summed E-state index contributed by atoms with van der Waals surface area (Å²) in [6, 6.07) is 68.2. The van der Waals surface area contributed by atoms with Crippen LogP contribution in [0.25, 0.3) is 44.3 Å². The summed E-state index contributed by atoms with van der Waals surface area (Å²) in [5.74, 6) is 3.28. The van der Waals surface area contributed by atoms with Crippen LogP contribution in [-0.2, 0) is 0 Å². The van der Waals surface area contributed by atoms with Crippen molar-refractivity contribution in [2.75, 3.05) is 9.80 Å². The maximum Gasteiger partial charge on any atom is 0.152 e. The molecule has 8 aromatic carbocycles. The zero-order valence-corrected chi connectivity index (χ0v) is 31.2. The van der Waals surface area contributed by atoms with E-state index in [9.17, 15) is 0 Å². The van der Waals surface area contributed by atoms with Crippen molar-refractivity contribution in [3.63, 3.8) is 0 Å². The van der Waals surface area contributed by atoms with Crippen LogP contribution in [0.4, 0.5) is 34.1 Å². The van der Waals surface area contributed by atoms with Gasteiger partial charge in [0.25, 0.3) is 0 Å². The van der Waals surface area contributed by atoms with Gasteiger partial charge in [-0.15, -0.1) is 0 Å². The molecule has 274 valence electrons. The molecule has 0 unspecified atom stereocenters. The molecule has 10 aromatic rings. The minimum Gasteiger partial charge on any atom is -0.453 e. The van der Waals surface area contributed by atoms with Crippen molar-refractivity contribution in [3.05, 3.63) is 207 Å². The minimum absolute atomic E-state index is 0.821. The van der Waals surface area contributed by atoms with E-state index < -0.39 is 0 Å². The number of hydrogen-bond acceptors (Lipinski definition) is 4. The quantitative estimate of drug-likeness (QED) is 0.176. The zero-order valence-electron chi connectivity index (χ0n) is 31.2. The van der Waals surface area contributed by atoms with E-state index in [4.69, 9.17) is 9.47 Å². The van der Waals surface area contributed by atoms with Gasteiger partial charge in [-0.2, -0.15) is 0 Å². The number of ether oxygens (including phenoxy) is 2. The summed E-state index contributed by atoms with van der Waals surface area (Å²) in [6.45, 7) is 0. The third kappa shape index (κ3) is 5.12. The second kappa shape index (κ2) is 12.8. The van der Waals surface area contributed by atoms with Crippen molar-refractivity contribution in [2.24, 2.45) is 0 Å². The molecule has 6 nitrogen and oxygen atoms in total. The zero-order chi connectivity index (χ0) is 38.2. The Morgan fingerprint density at radius 2 is 0.707 bits per heavy atom. The van der Waals surface area contributed by atoms with Gasteiger partial charge in [0.05, 0.1) is 33.8 Å². The first-order valence-corrected chi connectivity index (χ1v) is 19.5. The summed E-state index contributed by atoms with van der Waals surface area (Å²) in [4.78, 5) is 4.65. The lowest BCUT2D eigenvalue weighted by atomic mass is 10.0. The average molecular weight is 747 g/mol. The van der Waals surface area contributed by atoms with Crippen LogP contribution in [0, 0.1) is 0 Å². The lowest BCUT2D eigenvalue weighted by molar-refractivity contribution is 0.477. The first-order valence-electron chi connectivity index (χ1n) is 19.5. The Kier molecular flexibility index (Phi) is 7.13. The maximum absolute atomic E-state index is 6.59. The topological polar surface area (TPSA) is 34.8 Å². The summed E-state index contributed by atoms with van der Waals surface area (Å²) < 4.78 is 17.7. The molecule has 6 heteroatoms. The molecule has 2 aliphatic heterocycles. The van der Waals surface area contributed by atoms with E-state index in [2.05, 4.69) is 189 Å². The molecule has 0 radical (unpaired) electrons. The fourth-order valence-electron chi connectivity index (χ4n) is 8.60. The largest absolute Gasteiger partial charge is 0.453 e. The standard InChI is InChI=1S/C52H34N4O2/c1-3-15-39(16-4-1)53-27-25-37-31-51-47(33-45(37)53)55(43-21-7-9-23-49(43)57-51)41-19-11-13-35(29-41)36-14-12-20-42(30-36)56-44-22-8-10-24-50(44)58-52-32-38-26-28-54(46(38)34-48(52)56)40-17-5-2-6-18-40/h1-34H. The molecule has 0 aliphatic carbocycles. The van der Waals surface area contributed by atoms with Gasteiger partial charge in [-0.25, -0.2) is 0 Å². The Hall–Kier alpha value is -7.96. The highest BCUT2D eigenvalue weighted by molar-refractivity contribution is 5.97. The number of para-hydroxylation sites is 6. The Morgan fingerprint density at radius 1 is 0.293 bits per heavy atom. The van der Waals surface area contributed by atoms with Gasteiger partial charge in [0, 0.05) is 45.9 Å². The van der Waals surface area contributed by atoms with Gasteiger partial charge >= 0.3 is 0 Å². The van der Waals surface area contributed by atoms with Crippen LogP contribution in [0.3, 0.4) is 0 Å². The van der Waals surface area contributed by atoms with Crippen molar-refractivity contribution in [1.82, 2.24) is 9.13 Å². The lowest BCUT2D eigenvalue weighted by Crippen LogP contribution is -2.16. The molecule has 0 fully saturated rings. The fourth-order valence-corrected chi connectivity index (χ4v) is 8.60. The maximum atomic E-state index is 6.59. The van der Waals surface area contributed by atoms with E-state index in [0.29, 0.717) is 0 Å². The van der Waals surface area contributed by atoms with Crippen LogP contribution in [0.5, 0.6) is 23.0 Å². The smallest absolute Gasteiger partial charge is 0.152 e. The van der Waals surface area contributed by atoms with Gasteiger partial charge in [0.1, 0.15) is 0 Å². The van der Waals surface area contributed by atoms with Crippen molar-refractivity contribution >= 4 is 55.9 Å². The van der Waals surface area contributed by atoms with Gasteiger partial charge in [-0.1, -0.05) is 84.9 Å². The molecule has 4 heterocycles. The Balaban J connectivity index is 0.981. The van der Waals surface area contributed by atoms with Crippen LogP contribution in [-0.4, -0.2) is 9.13 Å². The molecule has 0 saturated carbocycles. The molecule has 2 aliphatic rings. The molecule has 0 atom stereocenters. The summed E-state index contributed by atoms with van der Waals surface area (Å²) in [7, 11) is 0. The van der Waals surface area contributed by atoms with Gasteiger partial charge in [0.15, 0.2) is 23.0 Å². The number of rotatable bonds is 5. The molecular weight excluding hydrogens is 713 g/mol. The van der Waals surface area contributed by atoms with E-state index in [1.54, 1.807) is 0 Å². The summed E-state index contributed by atoms with van der Waals surface area (Å²) in [5.41, 5.74) is 12.7. The molecule has 0 bridgehead atoms. The molecule has 0 spiro atoms. The van der Waals surface area contributed by atoms with E-state index in [-0.39, 0.29) is 0 Å². The van der Waals surface area contributed by atoms with Gasteiger partial charge in [-0.05, 0) is 120 Å². The predicted molar refractivity (Wildman–Crippen MR) is 235 cm³/mol. The number of nitrogens with zero attached hydrogens (tertiary/aromatic N) is 4. The molecule has 0 saturated heterocycles. The molecule has 12 rings (SSSR count). The molecule has 58 heavy (non-hydrogen) atoms. The van der Waals surface area contributed by atoms with Crippen LogP contribution in [0.1, 0.15) is 0 Å². The molecule has 0 amide bonds. The van der Waals surface area contributed by atoms with Crippen LogP contribution >= 0.6 is 0 Å². The highest BCUT2D eigenvalue weighted by Crippen LogP contribution is 2.54. The second-order valence-corrected chi connectivity index (χ2v) is 14.7. The van der Waals surface area contributed by atoms with E-state index in [1.165, 1.54) is 0 Å². The average Bonchev–Trinajstić information content (AvgIpc) is 3.90. The fraction of sp³-hybridized carbons (Fsp3) is 0. The van der Waals surface area contributed by atoms with Gasteiger partial charge in [0.2, 0.25) is 0 Å². The Bertz CT molecular complexity index is 2990. The summed E-state index contributed by atoms with van der Waals surface area (Å²) >= 11 is 0. The predicted octanol–water partition coefficient (Wildman–Crippen LogP) is 14.4. The van der Waals surface area contributed by atoms with Crippen LogP contribution < -0.4 is 19.3 Å². The van der Waals surface area contributed by atoms with Crippen molar-refractivity contribution in [3.8, 4) is 45.5 Å². The molecule has 2 aromatic heterocycles. The highest BCUT2D eigenvalue weighted by atomic mass is 16.5. The summed E-state index contributed by atoms with van der Waals surface area (Å²) in [5, 5.41) is 2.24. The highest BCUT2D eigenvalue weighted by Gasteiger charge is 2.29. The van der Waals surface area contributed by atoms with Crippen molar-refractivity contribution in [2.45, 2.75) is 0 Å². The SMILES string of the molecule is c1ccc(-n2ccc3cc4c(cc32)N(c2cccc(-c3cccc(N5c6ccccc6Oc6cc7ccn(-c8ccccc8)c7cc65)c3)c2)c2ccccc2O4)cc1. The normalized spacial score (nSPS) is 12.7. The Labute approximate surface area is 335 Å².